The van der Waals surface area contributed by atoms with Crippen LogP contribution in [0.3, 0.4) is 0 Å². The number of anilines is 2. The minimum absolute atomic E-state index is 0.0951. The lowest BCUT2D eigenvalue weighted by molar-refractivity contribution is -0.115. The topological polar surface area (TPSA) is 58.2 Å². The van der Waals surface area contributed by atoms with Crippen molar-refractivity contribution in [2.24, 2.45) is 0 Å². The van der Waals surface area contributed by atoms with Crippen LogP contribution in [0.15, 0.2) is 42.5 Å². The van der Waals surface area contributed by atoms with E-state index < -0.39 is 0 Å². The smallest absolute Gasteiger partial charge is 0.221 e. The number of carbonyl (C=O) groups excluding carboxylic acids is 2. The van der Waals surface area contributed by atoms with Crippen molar-refractivity contribution in [3.8, 4) is 11.1 Å². The summed E-state index contributed by atoms with van der Waals surface area (Å²) in [4.78, 5) is 22.4. The van der Waals surface area contributed by atoms with Crippen LogP contribution >= 0.6 is 0 Å². The quantitative estimate of drug-likeness (QED) is 0.904. The Hall–Kier alpha value is -2.62. The lowest BCUT2D eigenvalue weighted by atomic mass is 9.98. The highest BCUT2D eigenvalue weighted by molar-refractivity contribution is 5.92. The minimum atomic E-state index is -0.101. The van der Waals surface area contributed by atoms with Crippen LogP contribution in [0.2, 0.25) is 0 Å². The summed E-state index contributed by atoms with van der Waals surface area (Å²) in [5, 5.41) is 5.59. The summed E-state index contributed by atoms with van der Waals surface area (Å²) in [6.45, 7) is 4.94. The first-order chi connectivity index (χ1) is 9.97. The molecule has 2 N–H and O–H groups in total. The Morgan fingerprint density at radius 1 is 0.905 bits per heavy atom. The third kappa shape index (κ3) is 3.69. The van der Waals surface area contributed by atoms with Crippen molar-refractivity contribution >= 4 is 23.2 Å². The summed E-state index contributed by atoms with van der Waals surface area (Å²) in [6.07, 6.45) is 0. The van der Waals surface area contributed by atoms with E-state index in [1.165, 1.54) is 13.8 Å². The first-order valence-corrected chi connectivity index (χ1v) is 6.72. The van der Waals surface area contributed by atoms with Crippen LogP contribution in [0.5, 0.6) is 0 Å². The summed E-state index contributed by atoms with van der Waals surface area (Å²) in [5.74, 6) is -0.196. The number of amides is 2. The number of carbonyl (C=O) groups is 2. The van der Waals surface area contributed by atoms with E-state index in [0.29, 0.717) is 0 Å². The number of rotatable bonds is 3. The summed E-state index contributed by atoms with van der Waals surface area (Å²) in [6, 6.07) is 13.4. The van der Waals surface area contributed by atoms with Gasteiger partial charge in [-0.2, -0.15) is 0 Å². The van der Waals surface area contributed by atoms with E-state index in [1.807, 2.05) is 49.4 Å². The molecule has 2 aromatic rings. The Kier molecular flexibility index (Phi) is 4.38. The molecular weight excluding hydrogens is 264 g/mol. The summed E-state index contributed by atoms with van der Waals surface area (Å²) in [5.41, 5.74) is 4.56. The Morgan fingerprint density at radius 2 is 1.57 bits per heavy atom. The van der Waals surface area contributed by atoms with Gasteiger partial charge in [-0.05, 0) is 41.8 Å². The van der Waals surface area contributed by atoms with Gasteiger partial charge in [0, 0.05) is 25.2 Å². The molecular formula is C17H18N2O2. The highest BCUT2D eigenvalue weighted by Crippen LogP contribution is 2.30. The van der Waals surface area contributed by atoms with Gasteiger partial charge in [0.2, 0.25) is 11.8 Å². The minimum Gasteiger partial charge on any atom is -0.326 e. The Morgan fingerprint density at radius 3 is 2.24 bits per heavy atom. The van der Waals surface area contributed by atoms with Gasteiger partial charge in [-0.1, -0.05) is 24.3 Å². The van der Waals surface area contributed by atoms with E-state index >= 15 is 0 Å². The standard InChI is InChI=1S/C17H18N2O2/c1-11-16(8-5-9-17(11)19-13(3)21)14-6-4-7-15(10-14)18-12(2)20/h4-10H,1-3H3,(H,18,20)(H,19,21). The van der Waals surface area contributed by atoms with E-state index in [9.17, 15) is 9.59 Å². The SMILES string of the molecule is CC(=O)Nc1cccc(-c2cccc(NC(C)=O)c2C)c1. The fourth-order valence-corrected chi connectivity index (χ4v) is 2.24. The lowest BCUT2D eigenvalue weighted by Gasteiger charge is -2.13. The largest absolute Gasteiger partial charge is 0.326 e. The molecule has 108 valence electrons. The zero-order valence-electron chi connectivity index (χ0n) is 12.4. The van der Waals surface area contributed by atoms with E-state index in [2.05, 4.69) is 10.6 Å². The van der Waals surface area contributed by atoms with Gasteiger partial charge in [-0.15, -0.1) is 0 Å². The summed E-state index contributed by atoms with van der Waals surface area (Å²) >= 11 is 0. The molecule has 0 fully saturated rings. The fraction of sp³-hybridized carbons (Fsp3) is 0.176. The third-order valence-electron chi connectivity index (χ3n) is 3.14. The maximum atomic E-state index is 11.2. The average molecular weight is 282 g/mol. The van der Waals surface area contributed by atoms with Gasteiger partial charge < -0.3 is 10.6 Å². The molecule has 0 aromatic heterocycles. The molecule has 4 nitrogen and oxygen atoms in total. The van der Waals surface area contributed by atoms with Crippen molar-refractivity contribution in [1.82, 2.24) is 0 Å². The van der Waals surface area contributed by atoms with Gasteiger partial charge in [-0.25, -0.2) is 0 Å². The number of nitrogens with one attached hydrogen (secondary N) is 2. The molecule has 0 radical (unpaired) electrons. The summed E-state index contributed by atoms with van der Waals surface area (Å²) in [7, 11) is 0. The van der Waals surface area contributed by atoms with Crippen molar-refractivity contribution in [2.75, 3.05) is 10.6 Å². The van der Waals surface area contributed by atoms with Gasteiger partial charge in [-0.3, -0.25) is 9.59 Å². The van der Waals surface area contributed by atoms with Crippen LogP contribution in [-0.2, 0) is 9.59 Å². The molecule has 4 heteroatoms. The molecule has 0 bridgehead atoms. The van der Waals surface area contributed by atoms with Gasteiger partial charge >= 0.3 is 0 Å². The average Bonchev–Trinajstić information content (AvgIpc) is 2.40. The second-order valence-electron chi connectivity index (χ2n) is 4.92. The molecule has 2 amide bonds. The molecule has 0 aliphatic rings. The molecule has 2 rings (SSSR count). The zero-order chi connectivity index (χ0) is 15.4. The molecule has 0 aliphatic heterocycles. The number of hydrogen-bond acceptors (Lipinski definition) is 2. The van der Waals surface area contributed by atoms with Gasteiger partial charge in [0.1, 0.15) is 0 Å². The monoisotopic (exact) mass is 282 g/mol. The first-order valence-electron chi connectivity index (χ1n) is 6.72. The van der Waals surface area contributed by atoms with Crippen molar-refractivity contribution in [1.29, 1.82) is 0 Å². The van der Waals surface area contributed by atoms with Crippen LogP contribution < -0.4 is 10.6 Å². The van der Waals surface area contributed by atoms with Crippen LogP contribution in [0.1, 0.15) is 19.4 Å². The number of hydrogen-bond donors (Lipinski definition) is 2. The zero-order valence-corrected chi connectivity index (χ0v) is 12.4. The van der Waals surface area contributed by atoms with Gasteiger partial charge in [0.15, 0.2) is 0 Å². The second-order valence-corrected chi connectivity index (χ2v) is 4.92. The Balaban J connectivity index is 2.42. The van der Waals surface area contributed by atoms with Crippen molar-refractivity contribution in [3.05, 3.63) is 48.0 Å². The maximum absolute atomic E-state index is 11.2. The maximum Gasteiger partial charge on any atom is 0.221 e. The summed E-state index contributed by atoms with van der Waals surface area (Å²) < 4.78 is 0. The second kappa shape index (κ2) is 6.22. The van der Waals surface area contributed by atoms with Crippen LogP contribution in [0, 0.1) is 6.92 Å². The molecule has 0 saturated heterocycles. The van der Waals surface area contributed by atoms with E-state index in [1.54, 1.807) is 0 Å². The lowest BCUT2D eigenvalue weighted by Crippen LogP contribution is -2.07. The van der Waals surface area contributed by atoms with Crippen LogP contribution in [-0.4, -0.2) is 11.8 Å². The first kappa shape index (κ1) is 14.8. The van der Waals surface area contributed by atoms with Gasteiger partial charge in [0.05, 0.1) is 0 Å². The van der Waals surface area contributed by atoms with Crippen molar-refractivity contribution in [2.45, 2.75) is 20.8 Å². The molecule has 21 heavy (non-hydrogen) atoms. The predicted molar refractivity (Wildman–Crippen MR) is 85.2 cm³/mol. The molecule has 0 spiro atoms. The van der Waals surface area contributed by atoms with Gasteiger partial charge in [0.25, 0.3) is 0 Å². The van der Waals surface area contributed by atoms with E-state index in [4.69, 9.17) is 0 Å². The number of benzene rings is 2. The van der Waals surface area contributed by atoms with Crippen LogP contribution in [0.25, 0.3) is 11.1 Å². The molecule has 0 unspecified atom stereocenters. The van der Waals surface area contributed by atoms with Crippen molar-refractivity contribution in [3.63, 3.8) is 0 Å². The van der Waals surface area contributed by atoms with E-state index in [-0.39, 0.29) is 11.8 Å². The molecule has 0 heterocycles. The normalized spacial score (nSPS) is 10.0. The Labute approximate surface area is 124 Å². The molecule has 2 aromatic carbocycles. The van der Waals surface area contributed by atoms with E-state index in [0.717, 1.165) is 28.1 Å². The fourth-order valence-electron chi connectivity index (χ4n) is 2.24. The third-order valence-corrected chi connectivity index (χ3v) is 3.14. The van der Waals surface area contributed by atoms with Crippen molar-refractivity contribution < 1.29 is 9.59 Å². The molecule has 0 atom stereocenters. The highest BCUT2D eigenvalue weighted by atomic mass is 16.2. The van der Waals surface area contributed by atoms with Crippen LogP contribution in [0.4, 0.5) is 11.4 Å². The molecule has 0 saturated carbocycles. The molecule has 0 aliphatic carbocycles. The highest BCUT2D eigenvalue weighted by Gasteiger charge is 2.08. The predicted octanol–water partition coefficient (Wildman–Crippen LogP) is 3.58. The Bertz CT molecular complexity index is 693.